The van der Waals surface area contributed by atoms with Crippen LogP contribution in [0.2, 0.25) is 0 Å². The lowest BCUT2D eigenvalue weighted by Gasteiger charge is -2.61. The number of rotatable bonds is 1. The highest BCUT2D eigenvalue weighted by molar-refractivity contribution is 5.99. The maximum absolute atomic E-state index is 12.7. The Morgan fingerprint density at radius 2 is 1.80 bits per heavy atom. The highest BCUT2D eigenvalue weighted by Gasteiger charge is 2.60. The molecule has 0 aromatic heterocycles. The molecule has 0 saturated heterocycles. The Morgan fingerprint density at radius 1 is 1.04 bits per heavy atom. The highest BCUT2D eigenvalue weighted by Crippen LogP contribution is 2.66. The third-order valence-corrected chi connectivity index (χ3v) is 9.37. The summed E-state index contributed by atoms with van der Waals surface area (Å²) in [5, 5.41) is 0. The van der Waals surface area contributed by atoms with E-state index in [1.54, 1.807) is 0 Å². The van der Waals surface area contributed by atoms with E-state index in [0.717, 1.165) is 30.2 Å². The fourth-order valence-electron chi connectivity index (χ4n) is 7.85. The summed E-state index contributed by atoms with van der Waals surface area (Å²) in [6.45, 7) is 7.11. The van der Waals surface area contributed by atoms with E-state index in [0.29, 0.717) is 17.1 Å². The summed E-state index contributed by atoms with van der Waals surface area (Å²) in [4.78, 5) is 15.1. The zero-order chi connectivity index (χ0) is 18.0. The summed E-state index contributed by atoms with van der Waals surface area (Å²) in [5.41, 5.74) is 1.87. The minimum Gasteiger partial charge on any atom is -0.306 e. The fourth-order valence-corrected chi connectivity index (χ4v) is 7.85. The molecule has 2 heteroatoms. The summed E-state index contributed by atoms with van der Waals surface area (Å²) in [7, 11) is 4.52. The Kier molecular flexibility index (Phi) is 4.22. The molecule has 0 aromatic rings. The van der Waals surface area contributed by atoms with Gasteiger partial charge in [0.1, 0.15) is 0 Å². The van der Waals surface area contributed by atoms with Crippen LogP contribution in [0, 0.1) is 34.5 Å². The molecule has 0 aromatic carbocycles. The van der Waals surface area contributed by atoms with Gasteiger partial charge in [-0.1, -0.05) is 19.9 Å². The standard InChI is InChI=1S/C23H37NO/c1-6-18-21(25)14-20-17-8-7-15-13-16(24(4)5)9-11-22(15,2)19(17)10-12-23(18,20)3/h6,15-17,19-20H,7-14H2,1-5H3/b18-6+. The molecule has 0 bridgehead atoms. The van der Waals surface area contributed by atoms with Gasteiger partial charge >= 0.3 is 0 Å². The van der Waals surface area contributed by atoms with Crippen LogP contribution in [0.4, 0.5) is 0 Å². The maximum atomic E-state index is 12.7. The van der Waals surface area contributed by atoms with Crippen LogP contribution in [0.15, 0.2) is 11.6 Å². The van der Waals surface area contributed by atoms with E-state index in [9.17, 15) is 4.79 Å². The molecule has 4 aliphatic carbocycles. The van der Waals surface area contributed by atoms with Gasteiger partial charge in [0.15, 0.2) is 5.78 Å². The SMILES string of the molecule is C/C=C1\C(=O)CC2C3CCC4CC(N(C)C)CCC4(C)C3CCC12C. The van der Waals surface area contributed by atoms with Crippen molar-refractivity contribution in [1.82, 2.24) is 4.90 Å². The summed E-state index contributed by atoms with van der Waals surface area (Å²) in [6, 6.07) is 0.783. The number of carbonyl (C=O) groups is 1. The van der Waals surface area contributed by atoms with Crippen molar-refractivity contribution in [2.45, 2.75) is 78.2 Å². The van der Waals surface area contributed by atoms with Gasteiger partial charge in [-0.3, -0.25) is 4.79 Å². The molecule has 0 amide bonds. The normalized spacial score (nSPS) is 51.4. The van der Waals surface area contributed by atoms with Crippen LogP contribution >= 0.6 is 0 Å². The van der Waals surface area contributed by atoms with Gasteiger partial charge in [-0.15, -0.1) is 0 Å². The van der Waals surface area contributed by atoms with Crippen molar-refractivity contribution in [2.24, 2.45) is 34.5 Å². The zero-order valence-electron chi connectivity index (χ0n) is 17.0. The Bertz CT molecular complexity index is 593. The van der Waals surface area contributed by atoms with Crippen LogP contribution in [0.25, 0.3) is 0 Å². The van der Waals surface area contributed by atoms with E-state index in [1.807, 2.05) is 0 Å². The molecular weight excluding hydrogens is 306 g/mol. The van der Waals surface area contributed by atoms with Gasteiger partial charge in [-0.2, -0.15) is 0 Å². The number of fused-ring (bicyclic) bond motifs is 5. The van der Waals surface area contributed by atoms with E-state index in [1.165, 1.54) is 50.5 Å². The number of hydrogen-bond acceptors (Lipinski definition) is 2. The number of Topliss-reactive ketones (excluding diaryl/α,β-unsaturated/α-hetero) is 1. The van der Waals surface area contributed by atoms with Crippen molar-refractivity contribution in [1.29, 1.82) is 0 Å². The van der Waals surface area contributed by atoms with E-state index in [-0.39, 0.29) is 5.41 Å². The average Bonchev–Trinajstić information content (AvgIpc) is 2.83. The first-order valence-electron chi connectivity index (χ1n) is 10.7. The molecule has 4 fully saturated rings. The second-order valence-corrected chi connectivity index (χ2v) is 10.3. The molecule has 4 rings (SSSR count). The number of allylic oxidation sites excluding steroid dienone is 2. The summed E-state index contributed by atoms with van der Waals surface area (Å²) in [6.07, 6.45) is 12.5. The van der Waals surface area contributed by atoms with E-state index in [4.69, 9.17) is 0 Å². The molecule has 2 nitrogen and oxygen atoms in total. The maximum Gasteiger partial charge on any atom is 0.159 e. The third-order valence-electron chi connectivity index (χ3n) is 9.37. The van der Waals surface area contributed by atoms with Gasteiger partial charge in [0.2, 0.25) is 0 Å². The van der Waals surface area contributed by atoms with Crippen LogP contribution < -0.4 is 0 Å². The highest BCUT2D eigenvalue weighted by atomic mass is 16.1. The van der Waals surface area contributed by atoms with Gasteiger partial charge in [0, 0.05) is 12.5 Å². The summed E-state index contributed by atoms with van der Waals surface area (Å²) >= 11 is 0. The molecule has 0 heterocycles. The van der Waals surface area contributed by atoms with E-state index in [2.05, 4.69) is 45.8 Å². The van der Waals surface area contributed by atoms with Gasteiger partial charge in [0.05, 0.1) is 0 Å². The minimum atomic E-state index is 0.178. The first-order valence-corrected chi connectivity index (χ1v) is 10.7. The Morgan fingerprint density at radius 3 is 2.48 bits per heavy atom. The topological polar surface area (TPSA) is 20.3 Å². The average molecular weight is 344 g/mol. The van der Waals surface area contributed by atoms with Crippen molar-refractivity contribution in [3.8, 4) is 0 Å². The number of hydrogen-bond donors (Lipinski definition) is 0. The van der Waals surface area contributed by atoms with Gasteiger partial charge < -0.3 is 4.90 Å². The molecule has 25 heavy (non-hydrogen) atoms. The van der Waals surface area contributed by atoms with Crippen molar-refractivity contribution in [3.63, 3.8) is 0 Å². The van der Waals surface area contributed by atoms with Crippen LogP contribution in [0.5, 0.6) is 0 Å². The molecule has 7 atom stereocenters. The molecule has 4 aliphatic rings. The van der Waals surface area contributed by atoms with Crippen LogP contribution in [-0.2, 0) is 4.79 Å². The number of nitrogens with zero attached hydrogens (tertiary/aromatic N) is 1. The third kappa shape index (κ3) is 2.42. The molecule has 140 valence electrons. The number of carbonyl (C=O) groups excluding carboxylic acids is 1. The van der Waals surface area contributed by atoms with Gasteiger partial charge in [-0.25, -0.2) is 0 Å². The molecule has 7 unspecified atom stereocenters. The van der Waals surface area contributed by atoms with Crippen molar-refractivity contribution < 1.29 is 4.79 Å². The zero-order valence-corrected chi connectivity index (χ0v) is 17.0. The predicted octanol–water partition coefficient (Wildman–Crippen LogP) is 5.08. The molecule has 0 spiro atoms. The Labute approximate surface area is 154 Å². The predicted molar refractivity (Wildman–Crippen MR) is 103 cm³/mol. The second kappa shape index (κ2) is 5.94. The number of ketones is 1. The Balaban J connectivity index is 1.61. The molecule has 0 N–H and O–H groups in total. The molecule has 4 saturated carbocycles. The van der Waals surface area contributed by atoms with Crippen molar-refractivity contribution in [3.05, 3.63) is 11.6 Å². The van der Waals surface area contributed by atoms with Crippen LogP contribution in [-0.4, -0.2) is 30.8 Å². The van der Waals surface area contributed by atoms with Gasteiger partial charge in [-0.05, 0) is 106 Å². The second-order valence-electron chi connectivity index (χ2n) is 10.3. The van der Waals surface area contributed by atoms with E-state index >= 15 is 0 Å². The van der Waals surface area contributed by atoms with Gasteiger partial charge in [0.25, 0.3) is 0 Å². The monoisotopic (exact) mass is 343 g/mol. The lowest BCUT2D eigenvalue weighted by atomic mass is 9.45. The fraction of sp³-hybridized carbons (Fsp3) is 0.870. The summed E-state index contributed by atoms with van der Waals surface area (Å²) in [5.74, 6) is 3.62. The van der Waals surface area contributed by atoms with Crippen molar-refractivity contribution in [2.75, 3.05) is 14.1 Å². The quantitative estimate of drug-likeness (QED) is 0.618. The van der Waals surface area contributed by atoms with Crippen LogP contribution in [0.1, 0.15) is 72.1 Å². The van der Waals surface area contributed by atoms with E-state index < -0.39 is 0 Å². The first-order chi connectivity index (χ1) is 11.8. The molecule has 0 radical (unpaired) electrons. The smallest absolute Gasteiger partial charge is 0.159 e. The van der Waals surface area contributed by atoms with Crippen molar-refractivity contribution >= 4 is 5.78 Å². The molecular formula is C23H37NO. The van der Waals surface area contributed by atoms with Crippen LogP contribution in [0.3, 0.4) is 0 Å². The lowest BCUT2D eigenvalue weighted by Crippen LogP contribution is -2.54. The molecule has 0 aliphatic heterocycles. The lowest BCUT2D eigenvalue weighted by molar-refractivity contribution is -0.117. The minimum absolute atomic E-state index is 0.178. The Hall–Kier alpha value is -0.630. The first kappa shape index (κ1) is 17.8. The summed E-state index contributed by atoms with van der Waals surface area (Å²) < 4.78 is 0. The largest absolute Gasteiger partial charge is 0.306 e.